The minimum Gasteiger partial charge on any atom is -0.497 e. The number of methoxy groups -OCH3 is 1. The molecule has 0 radical (unpaired) electrons. The van der Waals surface area contributed by atoms with E-state index < -0.39 is 0 Å². The first-order valence-electron chi connectivity index (χ1n) is 17.0. The van der Waals surface area contributed by atoms with Crippen molar-refractivity contribution in [1.29, 1.82) is 0 Å². The van der Waals surface area contributed by atoms with E-state index in [4.69, 9.17) is 18.9 Å². The lowest BCUT2D eigenvalue weighted by Gasteiger charge is -2.61. The molecule has 42 heavy (non-hydrogen) atoms. The zero-order chi connectivity index (χ0) is 29.3. The van der Waals surface area contributed by atoms with Crippen molar-refractivity contribution < 1.29 is 23.7 Å². The highest BCUT2D eigenvalue weighted by Gasteiger charge is 2.69. The van der Waals surface area contributed by atoms with Crippen LogP contribution in [0.2, 0.25) is 0 Å². The van der Waals surface area contributed by atoms with Gasteiger partial charge in [-0.1, -0.05) is 39.8 Å². The van der Waals surface area contributed by atoms with Gasteiger partial charge in [0.05, 0.1) is 19.8 Å². The van der Waals surface area contributed by atoms with E-state index in [0.29, 0.717) is 47.2 Å². The van der Waals surface area contributed by atoms with E-state index in [1.807, 2.05) is 24.3 Å². The minimum absolute atomic E-state index is 0.0267. The quantitative estimate of drug-likeness (QED) is 0.395. The summed E-state index contributed by atoms with van der Waals surface area (Å²) in [5.74, 6) is 5.26. The molecule has 4 aliphatic carbocycles. The van der Waals surface area contributed by atoms with Crippen molar-refractivity contribution >= 4 is 6.09 Å². The van der Waals surface area contributed by atoms with Crippen LogP contribution in [0.15, 0.2) is 24.3 Å². The van der Waals surface area contributed by atoms with Crippen LogP contribution in [0, 0.1) is 52.3 Å². The first kappa shape index (κ1) is 29.0. The molecule has 6 heteroatoms. The van der Waals surface area contributed by atoms with Crippen molar-refractivity contribution in [1.82, 2.24) is 5.32 Å². The van der Waals surface area contributed by atoms with Crippen molar-refractivity contribution in [2.45, 2.75) is 116 Å². The summed E-state index contributed by atoms with van der Waals surface area (Å²) in [6.07, 6.45) is 12.1. The number of ether oxygens (including phenoxy) is 4. The van der Waals surface area contributed by atoms with Gasteiger partial charge in [-0.25, -0.2) is 4.79 Å². The Morgan fingerprint density at radius 1 is 0.952 bits per heavy atom. The lowest BCUT2D eigenvalue weighted by atomic mass is 9.44. The lowest BCUT2D eigenvalue weighted by molar-refractivity contribution is -0.273. The predicted molar refractivity (Wildman–Crippen MR) is 162 cm³/mol. The monoisotopic (exact) mass is 579 g/mol. The number of fused-ring (bicyclic) bond motifs is 7. The maximum Gasteiger partial charge on any atom is 0.407 e. The van der Waals surface area contributed by atoms with E-state index in [9.17, 15) is 4.79 Å². The second-order valence-corrected chi connectivity index (χ2v) is 15.7. The molecule has 2 aliphatic heterocycles. The van der Waals surface area contributed by atoms with Gasteiger partial charge < -0.3 is 24.3 Å². The second-order valence-electron chi connectivity index (χ2n) is 15.7. The van der Waals surface area contributed by atoms with Gasteiger partial charge in [0, 0.05) is 18.9 Å². The van der Waals surface area contributed by atoms with Gasteiger partial charge in [-0.2, -0.15) is 0 Å². The number of alkyl carbamates (subject to hydrolysis) is 1. The standard InChI is InChI=1S/C36H53NO5/c1-22-12-17-36(40-21-22)23(2)32-31(42-36)19-30-28-11-8-25-18-27(13-15-34(25,3)29(28)14-16-35(30,32)4)41-33(38)37-20-24-6-9-26(39-5)10-7-24/h6-7,9-10,22-23,25,27-32H,8,11-21H2,1-5H3,(H,37,38)/t22-,23-,25+,27-,28+,29-,30-,31-,32-,34-,35-,36+/m0/s1. The van der Waals surface area contributed by atoms with Gasteiger partial charge in [0.1, 0.15) is 11.9 Å². The first-order valence-corrected chi connectivity index (χ1v) is 17.0. The van der Waals surface area contributed by atoms with Crippen LogP contribution in [0.25, 0.3) is 0 Å². The summed E-state index contributed by atoms with van der Waals surface area (Å²) >= 11 is 0. The van der Waals surface area contributed by atoms with E-state index in [1.165, 1.54) is 44.9 Å². The molecule has 2 saturated heterocycles. The molecule has 6 aliphatic rings. The Kier molecular flexibility index (Phi) is 7.36. The molecule has 6 fully saturated rings. The van der Waals surface area contributed by atoms with Crippen molar-refractivity contribution in [3.8, 4) is 5.75 Å². The molecule has 0 aromatic heterocycles. The van der Waals surface area contributed by atoms with Crippen LogP contribution in [0.4, 0.5) is 4.79 Å². The topological polar surface area (TPSA) is 66.0 Å². The van der Waals surface area contributed by atoms with Crippen LogP contribution >= 0.6 is 0 Å². The Balaban J connectivity index is 0.970. The van der Waals surface area contributed by atoms with Gasteiger partial charge in [-0.15, -0.1) is 0 Å². The molecule has 1 N–H and O–H groups in total. The molecule has 1 spiro atoms. The van der Waals surface area contributed by atoms with Crippen LogP contribution in [0.3, 0.4) is 0 Å². The smallest absolute Gasteiger partial charge is 0.407 e. The largest absolute Gasteiger partial charge is 0.497 e. The van der Waals surface area contributed by atoms with Gasteiger partial charge in [0.15, 0.2) is 5.79 Å². The fourth-order valence-corrected chi connectivity index (χ4v) is 11.5. The summed E-state index contributed by atoms with van der Waals surface area (Å²) in [5, 5.41) is 2.96. The SMILES string of the molecule is COc1ccc(CNC(=O)O[C@H]2CC[C@@]3(C)[C@H](CC[C@@H]4[C@@H]3CC[C@]3(C)[C@@H]5[C@H](C[C@@H]43)O[C@]3(CC[C@H](C)CO3)[C@H]5C)C2)cc1. The van der Waals surface area contributed by atoms with Gasteiger partial charge in [-0.05, 0) is 122 Å². The summed E-state index contributed by atoms with van der Waals surface area (Å²) in [4.78, 5) is 12.7. The molecule has 232 valence electrons. The van der Waals surface area contributed by atoms with Gasteiger partial charge >= 0.3 is 6.09 Å². The summed E-state index contributed by atoms with van der Waals surface area (Å²) in [6, 6.07) is 7.79. The second kappa shape index (κ2) is 10.7. The molecule has 1 aromatic rings. The van der Waals surface area contributed by atoms with Crippen molar-refractivity contribution in [2.75, 3.05) is 13.7 Å². The molecule has 1 aromatic carbocycles. The number of amides is 1. The van der Waals surface area contributed by atoms with Crippen LogP contribution in [-0.4, -0.2) is 37.8 Å². The average Bonchev–Trinajstić information content (AvgIpc) is 3.43. The highest BCUT2D eigenvalue weighted by molar-refractivity contribution is 5.67. The third kappa shape index (κ3) is 4.60. The third-order valence-corrected chi connectivity index (χ3v) is 13.8. The lowest BCUT2D eigenvalue weighted by Crippen LogP contribution is -2.55. The number of benzene rings is 1. The maximum absolute atomic E-state index is 12.7. The zero-order valence-electron chi connectivity index (χ0n) is 26.5. The molecule has 1 amide bonds. The zero-order valence-corrected chi connectivity index (χ0v) is 26.5. The number of carbonyl (C=O) groups is 1. The minimum atomic E-state index is -0.324. The van der Waals surface area contributed by atoms with Crippen molar-refractivity contribution in [3.63, 3.8) is 0 Å². The van der Waals surface area contributed by atoms with Crippen molar-refractivity contribution in [3.05, 3.63) is 29.8 Å². The Morgan fingerprint density at radius 3 is 2.48 bits per heavy atom. The molecule has 12 atom stereocenters. The Morgan fingerprint density at radius 2 is 1.74 bits per heavy atom. The number of hydrogen-bond donors (Lipinski definition) is 1. The summed E-state index contributed by atoms with van der Waals surface area (Å²) in [5.41, 5.74) is 1.77. The summed E-state index contributed by atoms with van der Waals surface area (Å²) < 4.78 is 24.7. The van der Waals surface area contributed by atoms with Gasteiger partial charge in [0.25, 0.3) is 0 Å². The molecule has 6 nitrogen and oxygen atoms in total. The Hall–Kier alpha value is -1.79. The molecule has 7 rings (SSSR count). The normalized spacial score (nSPS) is 47.6. The number of hydrogen-bond acceptors (Lipinski definition) is 5. The fraction of sp³-hybridized carbons (Fsp3) is 0.806. The molecular formula is C36H53NO5. The predicted octanol–water partition coefficient (Wildman–Crippen LogP) is 7.74. The number of rotatable bonds is 4. The van der Waals surface area contributed by atoms with E-state index in [0.717, 1.165) is 54.9 Å². The highest BCUT2D eigenvalue weighted by atomic mass is 16.7. The highest BCUT2D eigenvalue weighted by Crippen LogP contribution is 2.71. The number of nitrogens with one attached hydrogen (secondary N) is 1. The Bertz CT molecular complexity index is 1150. The summed E-state index contributed by atoms with van der Waals surface area (Å²) in [6.45, 7) is 11.3. The Labute approximate surface area is 253 Å². The van der Waals surface area contributed by atoms with Crippen LogP contribution in [-0.2, 0) is 20.8 Å². The van der Waals surface area contributed by atoms with Crippen LogP contribution in [0.5, 0.6) is 5.75 Å². The molecule has 0 bridgehead atoms. The first-order chi connectivity index (χ1) is 20.1. The number of carbonyl (C=O) groups excluding carboxylic acids is 1. The fourth-order valence-electron chi connectivity index (χ4n) is 11.5. The van der Waals surface area contributed by atoms with E-state index >= 15 is 0 Å². The maximum atomic E-state index is 12.7. The van der Waals surface area contributed by atoms with Crippen molar-refractivity contribution in [2.24, 2.45) is 52.3 Å². The summed E-state index contributed by atoms with van der Waals surface area (Å²) in [7, 11) is 1.66. The van der Waals surface area contributed by atoms with Crippen LogP contribution < -0.4 is 10.1 Å². The van der Waals surface area contributed by atoms with E-state index in [2.05, 4.69) is 33.0 Å². The van der Waals surface area contributed by atoms with Crippen LogP contribution in [0.1, 0.15) is 97.5 Å². The molecule has 0 unspecified atom stereocenters. The molecule has 2 heterocycles. The molecule has 4 saturated carbocycles. The molecular weight excluding hydrogens is 526 g/mol. The van der Waals surface area contributed by atoms with E-state index in [1.54, 1.807) is 7.11 Å². The van der Waals surface area contributed by atoms with E-state index in [-0.39, 0.29) is 18.0 Å². The average molecular weight is 580 g/mol. The third-order valence-electron chi connectivity index (χ3n) is 13.8. The van der Waals surface area contributed by atoms with Gasteiger partial charge in [0.2, 0.25) is 0 Å². The van der Waals surface area contributed by atoms with Gasteiger partial charge in [-0.3, -0.25) is 0 Å².